The SMILES string of the molecule is CCN1C(=O)[C@H](C)SC1=NS(=O)(=O)c1ccc(F)cc1. The van der Waals surface area contributed by atoms with E-state index in [2.05, 4.69) is 4.40 Å². The van der Waals surface area contributed by atoms with Gasteiger partial charge in [0.05, 0.1) is 10.1 Å². The van der Waals surface area contributed by atoms with Gasteiger partial charge in [-0.3, -0.25) is 9.69 Å². The van der Waals surface area contributed by atoms with E-state index in [0.29, 0.717) is 6.54 Å². The Bertz CT molecular complexity index is 656. The summed E-state index contributed by atoms with van der Waals surface area (Å²) in [6.07, 6.45) is 0. The fraction of sp³-hybridized carbons (Fsp3) is 0.333. The Morgan fingerprint density at radius 3 is 2.50 bits per heavy atom. The standard InChI is InChI=1S/C12H13FN2O3S2/c1-3-15-11(16)8(2)19-12(15)14-20(17,18)10-6-4-9(13)5-7-10/h4-8H,3H2,1-2H3/t8-/m0/s1. The van der Waals surface area contributed by atoms with Crippen molar-refractivity contribution < 1.29 is 17.6 Å². The number of halogens is 1. The number of rotatable bonds is 3. The van der Waals surface area contributed by atoms with Gasteiger partial charge in [0.1, 0.15) is 5.82 Å². The van der Waals surface area contributed by atoms with Gasteiger partial charge in [-0.2, -0.15) is 8.42 Å². The molecule has 1 amide bonds. The van der Waals surface area contributed by atoms with Gasteiger partial charge in [0.2, 0.25) is 5.91 Å². The van der Waals surface area contributed by atoms with Crippen LogP contribution in [0.5, 0.6) is 0 Å². The average molecular weight is 316 g/mol. The normalized spacial score (nSPS) is 21.8. The topological polar surface area (TPSA) is 66.8 Å². The fourth-order valence-electron chi connectivity index (χ4n) is 1.71. The number of nitrogens with zero attached hydrogens (tertiary/aromatic N) is 2. The summed E-state index contributed by atoms with van der Waals surface area (Å²) in [5.41, 5.74) is 0. The predicted octanol–water partition coefficient (Wildman–Crippen LogP) is 1.85. The Balaban J connectivity index is 2.38. The maximum absolute atomic E-state index is 12.8. The molecular formula is C12H13FN2O3S2. The number of carbonyl (C=O) groups is 1. The molecule has 0 saturated carbocycles. The Morgan fingerprint density at radius 2 is 1.95 bits per heavy atom. The first-order chi connectivity index (χ1) is 9.35. The summed E-state index contributed by atoms with van der Waals surface area (Å²) in [4.78, 5) is 13.0. The Hall–Kier alpha value is -1.41. The molecule has 20 heavy (non-hydrogen) atoms. The Kier molecular flexibility index (Phi) is 4.14. The highest BCUT2D eigenvalue weighted by atomic mass is 32.2. The highest BCUT2D eigenvalue weighted by molar-refractivity contribution is 8.16. The molecule has 108 valence electrons. The molecule has 1 aromatic carbocycles. The lowest BCUT2D eigenvalue weighted by molar-refractivity contribution is -0.125. The maximum Gasteiger partial charge on any atom is 0.284 e. The van der Waals surface area contributed by atoms with Crippen molar-refractivity contribution >= 4 is 32.9 Å². The molecule has 1 atom stereocenters. The smallest absolute Gasteiger partial charge is 0.284 e. The molecule has 0 radical (unpaired) electrons. The molecule has 8 heteroatoms. The summed E-state index contributed by atoms with van der Waals surface area (Å²) < 4.78 is 40.7. The van der Waals surface area contributed by atoms with E-state index >= 15 is 0 Å². The number of benzene rings is 1. The van der Waals surface area contributed by atoms with Crippen molar-refractivity contribution in [1.82, 2.24) is 4.90 Å². The number of hydrogen-bond acceptors (Lipinski definition) is 4. The zero-order valence-corrected chi connectivity index (χ0v) is 12.5. The van der Waals surface area contributed by atoms with Crippen LogP contribution in [0.25, 0.3) is 0 Å². The predicted molar refractivity (Wildman–Crippen MR) is 75.5 cm³/mol. The lowest BCUT2D eigenvalue weighted by Crippen LogP contribution is -2.31. The molecule has 1 aromatic rings. The van der Waals surface area contributed by atoms with E-state index in [1.54, 1.807) is 13.8 Å². The molecule has 0 spiro atoms. The number of carbonyl (C=O) groups excluding carboxylic acids is 1. The minimum absolute atomic E-state index is 0.102. The van der Waals surface area contributed by atoms with Gasteiger partial charge in [0.15, 0.2) is 5.17 Å². The molecule has 1 aliphatic heterocycles. The third-order valence-electron chi connectivity index (χ3n) is 2.75. The van der Waals surface area contributed by atoms with Crippen LogP contribution >= 0.6 is 11.8 Å². The molecule has 0 aliphatic carbocycles. The van der Waals surface area contributed by atoms with Gasteiger partial charge in [-0.15, -0.1) is 4.40 Å². The van der Waals surface area contributed by atoms with Crippen molar-refractivity contribution in [2.24, 2.45) is 4.40 Å². The van der Waals surface area contributed by atoms with Gasteiger partial charge in [-0.05, 0) is 38.1 Å². The summed E-state index contributed by atoms with van der Waals surface area (Å²) >= 11 is 1.10. The lowest BCUT2D eigenvalue weighted by Gasteiger charge is -2.12. The third kappa shape index (κ3) is 2.85. The van der Waals surface area contributed by atoms with Crippen molar-refractivity contribution in [3.63, 3.8) is 0 Å². The second kappa shape index (κ2) is 5.53. The van der Waals surface area contributed by atoms with Crippen LogP contribution in [0.3, 0.4) is 0 Å². The monoisotopic (exact) mass is 316 g/mol. The summed E-state index contributed by atoms with van der Waals surface area (Å²) in [6, 6.07) is 4.41. The molecule has 0 aromatic heterocycles. The molecule has 1 aliphatic rings. The van der Waals surface area contributed by atoms with Crippen molar-refractivity contribution in [1.29, 1.82) is 0 Å². The highest BCUT2D eigenvalue weighted by Gasteiger charge is 2.35. The van der Waals surface area contributed by atoms with Crippen LogP contribution in [-0.4, -0.2) is 36.2 Å². The number of sulfonamides is 1. The van der Waals surface area contributed by atoms with Gasteiger partial charge >= 0.3 is 0 Å². The van der Waals surface area contributed by atoms with Crippen molar-refractivity contribution in [3.8, 4) is 0 Å². The van der Waals surface area contributed by atoms with E-state index in [1.165, 1.54) is 4.90 Å². The first-order valence-corrected chi connectivity index (χ1v) is 8.25. The minimum Gasteiger partial charge on any atom is -0.290 e. The molecule has 5 nitrogen and oxygen atoms in total. The van der Waals surface area contributed by atoms with Crippen molar-refractivity contribution in [2.75, 3.05) is 6.54 Å². The van der Waals surface area contributed by atoms with Crippen LogP contribution in [0, 0.1) is 5.82 Å². The lowest BCUT2D eigenvalue weighted by atomic mass is 10.4. The minimum atomic E-state index is -3.94. The molecule has 1 saturated heterocycles. The van der Waals surface area contributed by atoms with Crippen LogP contribution in [-0.2, 0) is 14.8 Å². The van der Waals surface area contributed by atoms with Crippen LogP contribution < -0.4 is 0 Å². The van der Waals surface area contributed by atoms with Crippen LogP contribution in [0.1, 0.15) is 13.8 Å². The molecule has 0 bridgehead atoms. The molecule has 1 fully saturated rings. The van der Waals surface area contributed by atoms with Crippen molar-refractivity contribution in [3.05, 3.63) is 30.1 Å². The maximum atomic E-state index is 12.8. The largest absolute Gasteiger partial charge is 0.290 e. The van der Waals surface area contributed by atoms with E-state index in [9.17, 15) is 17.6 Å². The van der Waals surface area contributed by atoms with Crippen LogP contribution in [0.2, 0.25) is 0 Å². The van der Waals surface area contributed by atoms with Gasteiger partial charge in [0, 0.05) is 6.54 Å². The van der Waals surface area contributed by atoms with E-state index in [4.69, 9.17) is 0 Å². The number of amides is 1. The van der Waals surface area contributed by atoms with Gasteiger partial charge in [-0.1, -0.05) is 11.8 Å². The van der Waals surface area contributed by atoms with Crippen LogP contribution in [0.4, 0.5) is 4.39 Å². The second-order valence-corrected chi connectivity index (χ2v) is 7.06. The first-order valence-electron chi connectivity index (χ1n) is 5.93. The van der Waals surface area contributed by atoms with Crippen LogP contribution in [0.15, 0.2) is 33.6 Å². The summed E-state index contributed by atoms with van der Waals surface area (Å²) in [5, 5.41) is -0.188. The van der Waals surface area contributed by atoms with E-state index in [0.717, 1.165) is 36.0 Å². The molecule has 2 rings (SSSR count). The summed E-state index contributed by atoms with van der Waals surface area (Å²) in [7, 11) is -3.94. The summed E-state index contributed by atoms with van der Waals surface area (Å²) in [5.74, 6) is -0.684. The highest BCUT2D eigenvalue weighted by Crippen LogP contribution is 2.28. The molecule has 0 N–H and O–H groups in total. The zero-order chi connectivity index (χ0) is 14.9. The fourth-order valence-corrected chi connectivity index (χ4v) is 3.96. The van der Waals surface area contributed by atoms with Gasteiger partial charge in [-0.25, -0.2) is 4.39 Å². The molecular weight excluding hydrogens is 303 g/mol. The first kappa shape index (κ1) is 15.0. The number of amidine groups is 1. The van der Waals surface area contributed by atoms with E-state index < -0.39 is 15.8 Å². The third-order valence-corrected chi connectivity index (χ3v) is 5.23. The van der Waals surface area contributed by atoms with Gasteiger partial charge in [0.25, 0.3) is 10.0 Å². The van der Waals surface area contributed by atoms with E-state index in [-0.39, 0.29) is 21.2 Å². The Morgan fingerprint density at radius 1 is 1.35 bits per heavy atom. The quantitative estimate of drug-likeness (QED) is 0.853. The Labute approximate surface area is 120 Å². The van der Waals surface area contributed by atoms with Crippen molar-refractivity contribution in [2.45, 2.75) is 24.0 Å². The number of thioether (sulfide) groups is 1. The summed E-state index contributed by atoms with van der Waals surface area (Å²) in [6.45, 7) is 3.80. The number of hydrogen-bond donors (Lipinski definition) is 0. The second-order valence-electron chi connectivity index (χ2n) is 4.15. The van der Waals surface area contributed by atoms with E-state index in [1.807, 2.05) is 0 Å². The zero-order valence-electron chi connectivity index (χ0n) is 10.9. The average Bonchev–Trinajstić information content (AvgIpc) is 2.64. The molecule has 1 heterocycles. The molecule has 0 unspecified atom stereocenters. The van der Waals surface area contributed by atoms with Gasteiger partial charge < -0.3 is 0 Å².